The molecule has 0 spiro atoms. The molecule has 2 aliphatic rings. The van der Waals surface area contributed by atoms with E-state index in [1.807, 2.05) is 12.1 Å². The van der Waals surface area contributed by atoms with Crippen LogP contribution in [0.2, 0.25) is 5.02 Å². The standard InChI is InChI=1S/C24H33ClN2O2/c1-2-3-4-5-6-7-8-9-18-27-23(28)21(19-12-14-20(25)15-13-19)22(24(27)29)26-16-10-11-17-26/h12-15H,2-11,16-18H2,1H3. The van der Waals surface area contributed by atoms with Crippen molar-refractivity contribution >= 4 is 29.0 Å². The van der Waals surface area contributed by atoms with Crippen molar-refractivity contribution in [1.82, 2.24) is 9.80 Å². The fourth-order valence-corrected chi connectivity index (χ4v) is 4.41. The molecule has 1 saturated heterocycles. The number of halogens is 1. The molecular formula is C24H33ClN2O2. The van der Waals surface area contributed by atoms with E-state index in [4.69, 9.17) is 11.6 Å². The molecule has 5 heteroatoms. The average Bonchev–Trinajstić information content (AvgIpc) is 3.32. The number of benzene rings is 1. The Morgan fingerprint density at radius 2 is 1.41 bits per heavy atom. The second-order valence-corrected chi connectivity index (χ2v) is 8.60. The summed E-state index contributed by atoms with van der Waals surface area (Å²) >= 11 is 6.02. The van der Waals surface area contributed by atoms with Gasteiger partial charge in [0.25, 0.3) is 11.8 Å². The molecule has 0 unspecified atom stereocenters. The number of carbonyl (C=O) groups is 2. The summed E-state index contributed by atoms with van der Waals surface area (Å²) in [7, 11) is 0. The summed E-state index contributed by atoms with van der Waals surface area (Å²) in [5.41, 5.74) is 1.93. The third kappa shape index (κ3) is 5.42. The number of imide groups is 1. The summed E-state index contributed by atoms with van der Waals surface area (Å²) in [6, 6.07) is 7.26. The van der Waals surface area contributed by atoms with Crippen LogP contribution in [-0.2, 0) is 9.59 Å². The third-order valence-electron chi connectivity index (χ3n) is 5.93. The topological polar surface area (TPSA) is 40.6 Å². The van der Waals surface area contributed by atoms with E-state index in [0.29, 0.717) is 22.8 Å². The quantitative estimate of drug-likeness (QED) is 0.345. The zero-order valence-corrected chi connectivity index (χ0v) is 18.3. The van der Waals surface area contributed by atoms with Crippen LogP contribution in [0.15, 0.2) is 30.0 Å². The Bertz CT molecular complexity index is 736. The van der Waals surface area contributed by atoms with E-state index in [1.165, 1.54) is 43.4 Å². The number of unbranched alkanes of at least 4 members (excludes halogenated alkanes) is 7. The molecule has 0 N–H and O–H groups in total. The van der Waals surface area contributed by atoms with Gasteiger partial charge in [-0.25, -0.2) is 0 Å². The van der Waals surface area contributed by atoms with Gasteiger partial charge in [0.1, 0.15) is 5.70 Å². The predicted octanol–water partition coefficient (Wildman–Crippen LogP) is 5.66. The molecule has 2 heterocycles. The molecule has 0 aliphatic carbocycles. The van der Waals surface area contributed by atoms with E-state index < -0.39 is 0 Å². The maximum absolute atomic E-state index is 13.2. The Hall–Kier alpha value is -1.81. The zero-order chi connectivity index (χ0) is 20.6. The van der Waals surface area contributed by atoms with Gasteiger partial charge in [-0.05, 0) is 37.0 Å². The first-order valence-electron chi connectivity index (χ1n) is 11.2. The monoisotopic (exact) mass is 416 g/mol. The van der Waals surface area contributed by atoms with E-state index in [1.54, 1.807) is 12.1 Å². The molecule has 0 saturated carbocycles. The molecule has 4 nitrogen and oxygen atoms in total. The molecule has 0 bridgehead atoms. The Morgan fingerprint density at radius 3 is 2.03 bits per heavy atom. The summed E-state index contributed by atoms with van der Waals surface area (Å²) in [6.45, 7) is 4.43. The van der Waals surface area contributed by atoms with Crippen LogP contribution in [0.4, 0.5) is 0 Å². The molecule has 1 aromatic rings. The van der Waals surface area contributed by atoms with Gasteiger partial charge in [0.15, 0.2) is 0 Å². The molecule has 29 heavy (non-hydrogen) atoms. The minimum atomic E-state index is -0.151. The lowest BCUT2D eigenvalue weighted by Crippen LogP contribution is -2.35. The minimum absolute atomic E-state index is 0.121. The molecule has 0 aromatic heterocycles. The van der Waals surface area contributed by atoms with Crippen molar-refractivity contribution in [2.24, 2.45) is 0 Å². The second kappa shape index (κ2) is 10.8. The van der Waals surface area contributed by atoms with Crippen molar-refractivity contribution in [2.75, 3.05) is 19.6 Å². The minimum Gasteiger partial charge on any atom is -0.366 e. The molecule has 3 rings (SSSR count). The van der Waals surface area contributed by atoms with Crippen molar-refractivity contribution in [1.29, 1.82) is 0 Å². The van der Waals surface area contributed by atoms with E-state index >= 15 is 0 Å². The van der Waals surface area contributed by atoms with Crippen LogP contribution < -0.4 is 0 Å². The van der Waals surface area contributed by atoms with Crippen LogP contribution in [0.3, 0.4) is 0 Å². The average molecular weight is 417 g/mol. The van der Waals surface area contributed by atoms with Crippen LogP contribution in [0.1, 0.15) is 76.7 Å². The fraction of sp³-hybridized carbons (Fsp3) is 0.583. The fourth-order valence-electron chi connectivity index (χ4n) is 4.28. The highest BCUT2D eigenvalue weighted by molar-refractivity contribution is 6.36. The summed E-state index contributed by atoms with van der Waals surface area (Å²) in [5.74, 6) is -0.271. The van der Waals surface area contributed by atoms with Gasteiger partial charge in [0.2, 0.25) is 0 Å². The largest absolute Gasteiger partial charge is 0.366 e. The van der Waals surface area contributed by atoms with E-state index in [0.717, 1.165) is 44.3 Å². The zero-order valence-electron chi connectivity index (χ0n) is 17.6. The van der Waals surface area contributed by atoms with Crippen molar-refractivity contribution < 1.29 is 9.59 Å². The van der Waals surface area contributed by atoms with E-state index in [9.17, 15) is 9.59 Å². The Labute approximate surface area is 179 Å². The van der Waals surface area contributed by atoms with E-state index in [2.05, 4.69) is 11.8 Å². The summed E-state index contributed by atoms with van der Waals surface area (Å²) in [6.07, 6.45) is 11.7. The van der Waals surface area contributed by atoms with Crippen molar-refractivity contribution in [2.45, 2.75) is 71.1 Å². The number of carbonyl (C=O) groups excluding carboxylic acids is 2. The van der Waals surface area contributed by atoms with Crippen LogP contribution in [0, 0.1) is 0 Å². The second-order valence-electron chi connectivity index (χ2n) is 8.16. The first kappa shape index (κ1) is 21.9. The lowest BCUT2D eigenvalue weighted by atomic mass is 10.0. The number of hydrogen-bond donors (Lipinski definition) is 0. The lowest BCUT2D eigenvalue weighted by Gasteiger charge is -2.20. The Balaban J connectivity index is 1.64. The number of likely N-dealkylation sites (tertiary alicyclic amines) is 1. The highest BCUT2D eigenvalue weighted by atomic mass is 35.5. The Kier molecular flexibility index (Phi) is 8.17. The van der Waals surface area contributed by atoms with Gasteiger partial charge in [-0.15, -0.1) is 0 Å². The SMILES string of the molecule is CCCCCCCCCCN1C(=O)C(c2ccc(Cl)cc2)=C(N2CCCC2)C1=O. The smallest absolute Gasteiger partial charge is 0.277 e. The van der Waals surface area contributed by atoms with Gasteiger partial charge in [0.05, 0.1) is 5.57 Å². The normalized spacial score (nSPS) is 17.2. The molecule has 1 fully saturated rings. The molecule has 158 valence electrons. The highest BCUT2D eigenvalue weighted by Gasteiger charge is 2.41. The summed E-state index contributed by atoms with van der Waals surface area (Å²) in [4.78, 5) is 29.9. The van der Waals surface area contributed by atoms with Crippen LogP contribution in [0.5, 0.6) is 0 Å². The lowest BCUT2D eigenvalue weighted by molar-refractivity contribution is -0.137. The van der Waals surface area contributed by atoms with E-state index in [-0.39, 0.29) is 11.8 Å². The van der Waals surface area contributed by atoms with Crippen molar-refractivity contribution in [3.05, 3.63) is 40.5 Å². The van der Waals surface area contributed by atoms with Gasteiger partial charge in [-0.1, -0.05) is 75.6 Å². The highest BCUT2D eigenvalue weighted by Crippen LogP contribution is 2.34. The maximum Gasteiger partial charge on any atom is 0.277 e. The summed E-state index contributed by atoms with van der Waals surface area (Å²) in [5, 5.41) is 0.629. The Morgan fingerprint density at radius 1 is 0.828 bits per heavy atom. The van der Waals surface area contributed by atoms with Gasteiger partial charge in [-0.3, -0.25) is 14.5 Å². The molecule has 0 atom stereocenters. The van der Waals surface area contributed by atoms with Crippen LogP contribution in [-0.4, -0.2) is 41.2 Å². The van der Waals surface area contributed by atoms with Gasteiger partial charge >= 0.3 is 0 Å². The number of amides is 2. The van der Waals surface area contributed by atoms with Crippen molar-refractivity contribution in [3.63, 3.8) is 0 Å². The molecule has 2 amide bonds. The maximum atomic E-state index is 13.2. The number of rotatable bonds is 11. The predicted molar refractivity (Wildman–Crippen MR) is 119 cm³/mol. The van der Waals surface area contributed by atoms with Gasteiger partial charge in [-0.2, -0.15) is 0 Å². The van der Waals surface area contributed by atoms with Crippen LogP contribution in [0.25, 0.3) is 5.57 Å². The molecule has 1 aromatic carbocycles. The van der Waals surface area contributed by atoms with Gasteiger partial charge < -0.3 is 4.90 Å². The number of hydrogen-bond acceptors (Lipinski definition) is 3. The van der Waals surface area contributed by atoms with Crippen LogP contribution >= 0.6 is 11.6 Å². The third-order valence-corrected chi connectivity index (χ3v) is 6.19. The molecule has 0 radical (unpaired) electrons. The first-order valence-corrected chi connectivity index (χ1v) is 11.6. The number of nitrogens with zero attached hydrogens (tertiary/aromatic N) is 2. The van der Waals surface area contributed by atoms with Gasteiger partial charge in [0, 0.05) is 24.7 Å². The first-order chi connectivity index (χ1) is 14.1. The molecular weight excluding hydrogens is 384 g/mol. The van der Waals surface area contributed by atoms with Crippen molar-refractivity contribution in [3.8, 4) is 0 Å². The summed E-state index contributed by atoms with van der Waals surface area (Å²) < 4.78 is 0. The molecule has 2 aliphatic heterocycles.